The first-order valence-electron chi connectivity index (χ1n) is 5.45. The van der Waals surface area contributed by atoms with Crippen LogP contribution in [0.15, 0.2) is 10.7 Å². The maximum atomic E-state index is 6.27. The predicted molar refractivity (Wildman–Crippen MR) is 66.5 cm³/mol. The Bertz CT molecular complexity index is 320. The van der Waals surface area contributed by atoms with Gasteiger partial charge in [0, 0.05) is 6.54 Å². The van der Waals surface area contributed by atoms with E-state index >= 15 is 0 Å². The van der Waals surface area contributed by atoms with Crippen LogP contribution in [0.25, 0.3) is 0 Å². The molecule has 2 atom stereocenters. The first kappa shape index (κ1) is 12.7. The zero-order valence-corrected chi connectivity index (χ0v) is 11.5. The maximum Gasteiger partial charge on any atom is 0.0696 e. The molecule has 2 N–H and O–H groups in total. The van der Waals surface area contributed by atoms with Crippen LogP contribution in [0.2, 0.25) is 0 Å². The zero-order valence-electron chi connectivity index (χ0n) is 9.87. The van der Waals surface area contributed by atoms with Crippen molar-refractivity contribution >= 4 is 15.9 Å². The summed E-state index contributed by atoms with van der Waals surface area (Å²) in [5.41, 5.74) is 7.38. The van der Waals surface area contributed by atoms with Crippen molar-refractivity contribution in [3.8, 4) is 0 Å². The van der Waals surface area contributed by atoms with Crippen molar-refractivity contribution in [2.24, 2.45) is 17.6 Å². The van der Waals surface area contributed by atoms with Crippen molar-refractivity contribution in [2.75, 3.05) is 0 Å². The average Bonchev–Trinajstić information content (AvgIpc) is 2.57. The van der Waals surface area contributed by atoms with E-state index in [1.807, 2.05) is 10.9 Å². The van der Waals surface area contributed by atoms with E-state index in [1.165, 1.54) is 0 Å². The SMILES string of the molecule is CCn1ncc(Br)c1C(N)C(C)C(C)C. The second-order valence-electron chi connectivity index (χ2n) is 4.32. The van der Waals surface area contributed by atoms with Crippen LogP contribution in [0.4, 0.5) is 0 Å². The Morgan fingerprint density at radius 1 is 1.47 bits per heavy atom. The molecule has 0 aliphatic heterocycles. The standard InChI is InChI=1S/C11H20BrN3/c1-5-15-11(9(12)6-14-15)10(13)8(4)7(2)3/h6-8,10H,5,13H2,1-4H3. The van der Waals surface area contributed by atoms with Gasteiger partial charge >= 0.3 is 0 Å². The van der Waals surface area contributed by atoms with E-state index in [2.05, 4.69) is 48.7 Å². The second kappa shape index (κ2) is 5.12. The molecule has 4 heteroatoms. The van der Waals surface area contributed by atoms with Crippen molar-refractivity contribution in [2.45, 2.75) is 40.3 Å². The minimum absolute atomic E-state index is 0.0434. The smallest absolute Gasteiger partial charge is 0.0696 e. The van der Waals surface area contributed by atoms with Gasteiger partial charge in [0.05, 0.1) is 22.4 Å². The summed E-state index contributed by atoms with van der Waals surface area (Å²) in [7, 11) is 0. The molecule has 0 saturated carbocycles. The van der Waals surface area contributed by atoms with Crippen molar-refractivity contribution in [1.29, 1.82) is 0 Å². The van der Waals surface area contributed by atoms with Crippen LogP contribution < -0.4 is 5.73 Å². The maximum absolute atomic E-state index is 6.27. The Morgan fingerprint density at radius 2 is 2.07 bits per heavy atom. The number of nitrogens with two attached hydrogens (primary N) is 1. The fraction of sp³-hybridized carbons (Fsp3) is 0.727. The van der Waals surface area contributed by atoms with Crippen LogP contribution in [-0.2, 0) is 6.54 Å². The highest BCUT2D eigenvalue weighted by molar-refractivity contribution is 9.10. The van der Waals surface area contributed by atoms with E-state index in [9.17, 15) is 0 Å². The summed E-state index contributed by atoms with van der Waals surface area (Å²) < 4.78 is 2.98. The van der Waals surface area contributed by atoms with Crippen LogP contribution in [0.3, 0.4) is 0 Å². The molecular formula is C11H20BrN3. The summed E-state index contributed by atoms with van der Waals surface area (Å²) in [6.07, 6.45) is 1.83. The largest absolute Gasteiger partial charge is 0.322 e. The lowest BCUT2D eigenvalue weighted by Crippen LogP contribution is -2.26. The molecule has 0 aromatic carbocycles. The van der Waals surface area contributed by atoms with Crippen molar-refractivity contribution in [1.82, 2.24) is 9.78 Å². The van der Waals surface area contributed by atoms with Gasteiger partial charge < -0.3 is 5.73 Å². The number of aromatic nitrogens is 2. The van der Waals surface area contributed by atoms with Gasteiger partial charge in [-0.2, -0.15) is 5.10 Å². The topological polar surface area (TPSA) is 43.8 Å². The van der Waals surface area contributed by atoms with E-state index in [4.69, 9.17) is 5.73 Å². The summed E-state index contributed by atoms with van der Waals surface area (Å²) in [5.74, 6) is 1.02. The van der Waals surface area contributed by atoms with E-state index in [0.717, 1.165) is 16.7 Å². The Kier molecular flexibility index (Phi) is 4.34. The Morgan fingerprint density at radius 3 is 2.53 bits per heavy atom. The molecule has 0 fully saturated rings. The third kappa shape index (κ3) is 2.61. The molecule has 0 saturated heterocycles. The van der Waals surface area contributed by atoms with Crippen molar-refractivity contribution in [3.05, 3.63) is 16.4 Å². The van der Waals surface area contributed by atoms with Gasteiger partial charge in [0.25, 0.3) is 0 Å². The fourth-order valence-corrected chi connectivity index (χ4v) is 2.18. The number of hydrogen-bond acceptors (Lipinski definition) is 2. The van der Waals surface area contributed by atoms with Crippen LogP contribution >= 0.6 is 15.9 Å². The normalized spacial score (nSPS) is 15.7. The van der Waals surface area contributed by atoms with Crippen LogP contribution in [0.5, 0.6) is 0 Å². The lowest BCUT2D eigenvalue weighted by Gasteiger charge is -2.24. The highest BCUT2D eigenvalue weighted by Gasteiger charge is 2.23. The van der Waals surface area contributed by atoms with Crippen molar-refractivity contribution in [3.63, 3.8) is 0 Å². The summed E-state index contributed by atoms with van der Waals surface area (Å²) in [5, 5.41) is 4.29. The quantitative estimate of drug-likeness (QED) is 0.917. The van der Waals surface area contributed by atoms with E-state index < -0.39 is 0 Å². The Balaban J connectivity index is 2.98. The van der Waals surface area contributed by atoms with Crippen molar-refractivity contribution < 1.29 is 0 Å². The van der Waals surface area contributed by atoms with Gasteiger partial charge in [-0.3, -0.25) is 4.68 Å². The molecule has 0 amide bonds. The third-order valence-electron chi connectivity index (χ3n) is 3.07. The summed E-state index contributed by atoms with van der Waals surface area (Å²) in [6, 6.07) is 0.0434. The first-order chi connectivity index (χ1) is 6.99. The number of rotatable bonds is 4. The van der Waals surface area contributed by atoms with E-state index in [1.54, 1.807) is 0 Å². The van der Waals surface area contributed by atoms with Gasteiger partial charge in [-0.05, 0) is 34.7 Å². The van der Waals surface area contributed by atoms with Gasteiger partial charge in [-0.15, -0.1) is 0 Å². The molecule has 0 radical (unpaired) electrons. The molecule has 0 aliphatic carbocycles. The molecule has 0 bridgehead atoms. The molecule has 0 aliphatic rings. The van der Waals surface area contributed by atoms with Crippen LogP contribution in [0.1, 0.15) is 39.4 Å². The second-order valence-corrected chi connectivity index (χ2v) is 5.18. The number of halogens is 1. The van der Waals surface area contributed by atoms with E-state index in [0.29, 0.717) is 11.8 Å². The minimum Gasteiger partial charge on any atom is -0.322 e. The minimum atomic E-state index is 0.0434. The van der Waals surface area contributed by atoms with Gasteiger partial charge in [-0.25, -0.2) is 0 Å². The molecule has 0 spiro atoms. The number of nitrogens with zero attached hydrogens (tertiary/aromatic N) is 2. The van der Waals surface area contributed by atoms with Crippen LogP contribution in [-0.4, -0.2) is 9.78 Å². The van der Waals surface area contributed by atoms with Gasteiger partial charge in [0.1, 0.15) is 0 Å². The highest BCUT2D eigenvalue weighted by Crippen LogP contribution is 2.30. The third-order valence-corrected chi connectivity index (χ3v) is 3.68. The molecular weight excluding hydrogens is 254 g/mol. The Hall–Kier alpha value is -0.350. The monoisotopic (exact) mass is 273 g/mol. The summed E-state index contributed by atoms with van der Waals surface area (Å²) in [4.78, 5) is 0. The summed E-state index contributed by atoms with van der Waals surface area (Å²) >= 11 is 3.51. The first-order valence-corrected chi connectivity index (χ1v) is 6.25. The highest BCUT2D eigenvalue weighted by atomic mass is 79.9. The average molecular weight is 274 g/mol. The van der Waals surface area contributed by atoms with Gasteiger partial charge in [0.15, 0.2) is 0 Å². The summed E-state index contributed by atoms with van der Waals surface area (Å²) in [6.45, 7) is 9.53. The molecule has 15 heavy (non-hydrogen) atoms. The van der Waals surface area contributed by atoms with Gasteiger partial charge in [-0.1, -0.05) is 20.8 Å². The molecule has 2 unspecified atom stereocenters. The molecule has 1 aromatic rings. The van der Waals surface area contributed by atoms with E-state index in [-0.39, 0.29) is 6.04 Å². The zero-order chi connectivity index (χ0) is 11.6. The Labute approximate surface area is 100 Å². The van der Waals surface area contributed by atoms with Crippen LogP contribution in [0, 0.1) is 11.8 Å². The molecule has 86 valence electrons. The predicted octanol–water partition coefficient (Wildman–Crippen LogP) is 2.96. The molecule has 1 heterocycles. The number of hydrogen-bond donors (Lipinski definition) is 1. The molecule has 1 aromatic heterocycles. The molecule has 3 nitrogen and oxygen atoms in total. The fourth-order valence-electron chi connectivity index (χ4n) is 1.62. The molecule has 1 rings (SSSR count). The lowest BCUT2D eigenvalue weighted by molar-refractivity contribution is 0.337. The lowest BCUT2D eigenvalue weighted by atomic mass is 9.89. The van der Waals surface area contributed by atoms with Gasteiger partial charge in [0.2, 0.25) is 0 Å². The number of aryl methyl sites for hydroxylation is 1.